The molecule has 0 aliphatic carbocycles. The van der Waals surface area contributed by atoms with Crippen molar-refractivity contribution in [1.82, 2.24) is 0 Å². The van der Waals surface area contributed by atoms with Crippen molar-refractivity contribution >= 4 is 21.7 Å². The first-order valence-electron chi connectivity index (χ1n) is 6.50. The van der Waals surface area contributed by atoms with Gasteiger partial charge >= 0.3 is 0 Å². The highest BCUT2D eigenvalue weighted by molar-refractivity contribution is 9.10. The quantitative estimate of drug-likeness (QED) is 0.532. The molecule has 110 valence electrons. The molecule has 0 spiro atoms. The molecule has 0 bridgehead atoms. The molecule has 0 radical (unpaired) electrons. The Morgan fingerprint density at radius 3 is 2.10 bits per heavy atom. The largest absolute Gasteiger partial charge is 0.288 e. The van der Waals surface area contributed by atoms with Gasteiger partial charge in [-0.3, -0.25) is 4.79 Å². The molecule has 0 fully saturated rings. The van der Waals surface area contributed by atoms with Crippen molar-refractivity contribution in [1.29, 1.82) is 0 Å². The zero-order valence-electron chi connectivity index (χ0n) is 12.0. The van der Waals surface area contributed by atoms with Crippen LogP contribution in [0.4, 0.5) is 8.78 Å². The van der Waals surface area contributed by atoms with Crippen LogP contribution in [0.25, 0.3) is 0 Å². The smallest absolute Gasteiger partial charge is 0.198 e. The molecule has 2 rings (SSSR count). The molecule has 0 aliphatic rings. The molecule has 2 aromatic rings. The van der Waals surface area contributed by atoms with Gasteiger partial charge < -0.3 is 0 Å². The van der Waals surface area contributed by atoms with Gasteiger partial charge in [-0.1, -0.05) is 45.0 Å². The first-order valence-corrected chi connectivity index (χ1v) is 7.30. The van der Waals surface area contributed by atoms with Crippen LogP contribution in [0.5, 0.6) is 0 Å². The molecule has 4 heteroatoms. The van der Waals surface area contributed by atoms with E-state index in [2.05, 4.69) is 36.7 Å². The Balaban J connectivity index is 2.44. The number of carbonyl (C=O) groups is 1. The molecule has 0 heterocycles. The fraction of sp³-hybridized carbons (Fsp3) is 0.235. The molecule has 0 unspecified atom stereocenters. The second-order valence-electron chi connectivity index (χ2n) is 5.87. The lowest BCUT2D eigenvalue weighted by molar-refractivity contribution is 0.103. The molecule has 0 saturated carbocycles. The number of rotatable bonds is 2. The van der Waals surface area contributed by atoms with Gasteiger partial charge in [0.2, 0.25) is 0 Å². The number of hydrogen-bond donors (Lipinski definition) is 0. The Bertz CT molecular complexity index is 685. The van der Waals surface area contributed by atoms with Crippen LogP contribution in [0.3, 0.4) is 0 Å². The van der Waals surface area contributed by atoms with E-state index in [9.17, 15) is 13.6 Å². The summed E-state index contributed by atoms with van der Waals surface area (Å²) in [5.74, 6) is -2.40. The van der Waals surface area contributed by atoms with Gasteiger partial charge in [0.25, 0.3) is 0 Å². The van der Waals surface area contributed by atoms with Crippen LogP contribution in [-0.4, -0.2) is 5.78 Å². The van der Waals surface area contributed by atoms with Crippen LogP contribution < -0.4 is 0 Å². The van der Waals surface area contributed by atoms with Gasteiger partial charge in [-0.15, -0.1) is 0 Å². The summed E-state index contributed by atoms with van der Waals surface area (Å²) in [6.07, 6.45) is 0. The highest BCUT2D eigenvalue weighted by Crippen LogP contribution is 2.26. The van der Waals surface area contributed by atoms with E-state index in [-0.39, 0.29) is 15.5 Å². The van der Waals surface area contributed by atoms with Gasteiger partial charge in [0.1, 0.15) is 5.82 Å². The van der Waals surface area contributed by atoms with Crippen LogP contribution in [0.15, 0.2) is 40.9 Å². The van der Waals surface area contributed by atoms with Gasteiger partial charge in [-0.25, -0.2) is 8.78 Å². The predicted octanol–water partition coefficient (Wildman–Crippen LogP) is 5.26. The van der Waals surface area contributed by atoms with E-state index in [1.807, 2.05) is 0 Å². The summed E-state index contributed by atoms with van der Waals surface area (Å²) < 4.78 is 27.8. The van der Waals surface area contributed by atoms with Gasteiger partial charge in [0, 0.05) is 5.56 Å². The number of ketones is 1. The molecule has 0 amide bonds. The summed E-state index contributed by atoms with van der Waals surface area (Å²) in [5, 5.41) is 0. The molecule has 1 nitrogen and oxygen atoms in total. The Morgan fingerprint density at radius 2 is 1.57 bits per heavy atom. The predicted molar refractivity (Wildman–Crippen MR) is 82.6 cm³/mol. The van der Waals surface area contributed by atoms with Crippen LogP contribution in [0, 0.1) is 11.6 Å². The van der Waals surface area contributed by atoms with Crippen LogP contribution in [-0.2, 0) is 5.41 Å². The Kier molecular flexibility index (Phi) is 4.28. The van der Waals surface area contributed by atoms with Gasteiger partial charge in [-0.05, 0) is 39.0 Å². The molecular weight excluding hydrogens is 338 g/mol. The van der Waals surface area contributed by atoms with Gasteiger partial charge in [0.05, 0.1) is 10.0 Å². The first-order chi connectivity index (χ1) is 9.71. The number of hydrogen-bond acceptors (Lipinski definition) is 1. The normalized spacial score (nSPS) is 11.5. The third-order valence-electron chi connectivity index (χ3n) is 3.28. The highest BCUT2D eigenvalue weighted by Gasteiger charge is 2.21. The number of halogens is 3. The maximum absolute atomic E-state index is 14.0. The van der Waals surface area contributed by atoms with E-state index in [4.69, 9.17) is 0 Å². The molecule has 2 aromatic carbocycles. The van der Waals surface area contributed by atoms with E-state index in [0.717, 1.165) is 11.6 Å². The van der Waals surface area contributed by atoms with Crippen molar-refractivity contribution in [2.24, 2.45) is 0 Å². The van der Waals surface area contributed by atoms with Crippen molar-refractivity contribution in [2.45, 2.75) is 26.2 Å². The first kappa shape index (κ1) is 15.8. The monoisotopic (exact) mass is 352 g/mol. The Labute approximate surface area is 131 Å². The van der Waals surface area contributed by atoms with Crippen molar-refractivity contribution in [2.75, 3.05) is 0 Å². The minimum Gasteiger partial charge on any atom is -0.288 e. The second-order valence-corrected chi connectivity index (χ2v) is 6.73. The van der Waals surface area contributed by atoms with Crippen LogP contribution in [0.1, 0.15) is 42.3 Å². The third-order valence-corrected chi connectivity index (χ3v) is 3.90. The second kappa shape index (κ2) is 5.68. The Hall–Kier alpha value is -1.55. The minimum atomic E-state index is -0.875. The average Bonchev–Trinajstić information content (AvgIpc) is 2.42. The molecule has 0 N–H and O–H groups in total. The van der Waals surface area contributed by atoms with E-state index < -0.39 is 23.0 Å². The third kappa shape index (κ3) is 3.21. The molecule has 0 aromatic heterocycles. The van der Waals surface area contributed by atoms with Crippen molar-refractivity contribution in [3.63, 3.8) is 0 Å². The van der Waals surface area contributed by atoms with Crippen molar-refractivity contribution in [3.8, 4) is 0 Å². The zero-order chi connectivity index (χ0) is 15.8. The lowest BCUT2D eigenvalue weighted by Crippen LogP contribution is -2.12. The summed E-state index contributed by atoms with van der Waals surface area (Å²) in [6.45, 7) is 6.16. The summed E-state index contributed by atoms with van der Waals surface area (Å²) in [5.41, 5.74) is 0.731. The van der Waals surface area contributed by atoms with Gasteiger partial charge in [-0.2, -0.15) is 0 Å². The molecular formula is C17H15BrF2O. The lowest BCUT2D eigenvalue weighted by Gasteiger charge is -2.19. The standard InChI is InChI=1S/C17H15BrF2O/c1-17(2,3)11-6-4-10(5-7-11)16(21)14-13(19)9-8-12(18)15(14)20/h4-9H,1-3H3. The molecule has 0 atom stereocenters. The minimum absolute atomic E-state index is 0.0478. The van der Waals surface area contributed by atoms with Crippen LogP contribution >= 0.6 is 15.9 Å². The van der Waals surface area contributed by atoms with E-state index in [1.54, 1.807) is 24.3 Å². The Morgan fingerprint density at radius 1 is 1.00 bits per heavy atom. The summed E-state index contributed by atoms with van der Waals surface area (Å²) in [7, 11) is 0. The van der Waals surface area contributed by atoms with Gasteiger partial charge in [0.15, 0.2) is 11.6 Å². The fourth-order valence-electron chi connectivity index (χ4n) is 2.00. The number of benzene rings is 2. The van der Waals surface area contributed by atoms with Crippen LogP contribution in [0.2, 0.25) is 0 Å². The maximum atomic E-state index is 14.0. The highest BCUT2D eigenvalue weighted by atomic mass is 79.9. The zero-order valence-corrected chi connectivity index (χ0v) is 13.6. The van der Waals surface area contributed by atoms with Crippen molar-refractivity contribution < 1.29 is 13.6 Å². The fourth-order valence-corrected chi connectivity index (χ4v) is 2.33. The maximum Gasteiger partial charge on any atom is 0.198 e. The van der Waals surface area contributed by atoms with E-state index in [0.29, 0.717) is 0 Å². The van der Waals surface area contributed by atoms with Crippen molar-refractivity contribution in [3.05, 3.63) is 69.2 Å². The molecule has 0 saturated heterocycles. The molecule has 0 aliphatic heterocycles. The van der Waals surface area contributed by atoms with E-state index >= 15 is 0 Å². The summed E-state index contributed by atoms with van der Waals surface area (Å²) in [4.78, 5) is 12.3. The lowest BCUT2D eigenvalue weighted by atomic mass is 9.86. The topological polar surface area (TPSA) is 17.1 Å². The SMILES string of the molecule is CC(C)(C)c1ccc(C(=O)c2c(F)ccc(Br)c2F)cc1. The van der Waals surface area contributed by atoms with E-state index in [1.165, 1.54) is 6.07 Å². The summed E-state index contributed by atoms with van der Waals surface area (Å²) >= 11 is 2.96. The molecule has 21 heavy (non-hydrogen) atoms. The number of carbonyl (C=O) groups excluding carboxylic acids is 1. The summed E-state index contributed by atoms with van der Waals surface area (Å²) in [6, 6.07) is 9.13. The average molecular weight is 353 g/mol.